The second kappa shape index (κ2) is 9.00. The molecule has 0 N–H and O–H groups in total. The third-order valence-electron chi connectivity index (χ3n) is 5.41. The molecule has 0 saturated carbocycles. The van der Waals surface area contributed by atoms with E-state index in [9.17, 15) is 4.79 Å². The van der Waals surface area contributed by atoms with Gasteiger partial charge in [-0.3, -0.25) is 9.69 Å². The van der Waals surface area contributed by atoms with E-state index in [-0.39, 0.29) is 5.91 Å². The van der Waals surface area contributed by atoms with Gasteiger partial charge >= 0.3 is 0 Å². The number of ether oxygens (including phenoxy) is 1. The molecule has 0 spiro atoms. The number of carbonyl (C=O) groups excluding carboxylic acids is 1. The summed E-state index contributed by atoms with van der Waals surface area (Å²) in [5.74, 6) is 2.64. The molecule has 3 fully saturated rings. The maximum atomic E-state index is 12.9. The van der Waals surface area contributed by atoms with E-state index in [0.29, 0.717) is 10.7 Å². The Hall–Kier alpha value is -0.690. The smallest absolute Gasteiger partial charge is 0.253 e. The van der Waals surface area contributed by atoms with Crippen molar-refractivity contribution >= 4 is 29.4 Å². The number of carbonyl (C=O) groups is 1. The van der Waals surface area contributed by atoms with Crippen molar-refractivity contribution in [2.24, 2.45) is 0 Å². The zero-order chi connectivity index (χ0) is 17.8. The summed E-state index contributed by atoms with van der Waals surface area (Å²) in [5, 5.41) is 0. The summed E-state index contributed by atoms with van der Waals surface area (Å²) in [6.45, 7) is 5.64. The Balaban J connectivity index is 1.32. The van der Waals surface area contributed by atoms with Crippen molar-refractivity contribution in [3.63, 3.8) is 0 Å². The average Bonchev–Trinajstić information content (AvgIpc) is 3.33. The predicted octanol–water partition coefficient (Wildman–Crippen LogP) is 3.49. The molecular formula is C20H28N2O2S2. The van der Waals surface area contributed by atoms with Crippen molar-refractivity contribution in [2.45, 2.75) is 29.9 Å². The number of nitrogens with zero attached hydrogens (tertiary/aromatic N) is 2. The lowest BCUT2D eigenvalue weighted by Crippen LogP contribution is -2.37. The lowest BCUT2D eigenvalue weighted by Gasteiger charge is -2.24. The van der Waals surface area contributed by atoms with Crippen LogP contribution in [0.4, 0.5) is 0 Å². The number of thioether (sulfide) groups is 2. The molecular weight excluding hydrogens is 364 g/mol. The van der Waals surface area contributed by atoms with Gasteiger partial charge in [0, 0.05) is 49.9 Å². The van der Waals surface area contributed by atoms with Crippen LogP contribution in [0.1, 0.15) is 39.8 Å². The Morgan fingerprint density at radius 1 is 1.04 bits per heavy atom. The number of rotatable bonds is 4. The van der Waals surface area contributed by atoms with Gasteiger partial charge in [0.1, 0.15) is 0 Å². The average molecular weight is 393 g/mol. The molecule has 6 heteroatoms. The summed E-state index contributed by atoms with van der Waals surface area (Å²) in [4.78, 5) is 17.4. The van der Waals surface area contributed by atoms with Crippen LogP contribution in [0.15, 0.2) is 24.3 Å². The standard InChI is InChI=1S/C20H28N2O2S2/c23-19(16-4-6-17(7-5-16)20-25-13-14-26-20)22-9-2-8-21(10-11-22)15-18-3-1-12-24-18/h4-7,18,20H,1-3,8-15H2/t18-/m1/s1. The maximum absolute atomic E-state index is 12.9. The molecule has 1 amide bonds. The summed E-state index contributed by atoms with van der Waals surface area (Å²) in [7, 11) is 0. The molecule has 3 heterocycles. The van der Waals surface area contributed by atoms with E-state index < -0.39 is 0 Å². The van der Waals surface area contributed by atoms with Gasteiger partial charge in [-0.15, -0.1) is 23.5 Å². The molecule has 3 aliphatic rings. The van der Waals surface area contributed by atoms with E-state index >= 15 is 0 Å². The Morgan fingerprint density at radius 3 is 2.58 bits per heavy atom. The number of hydrogen-bond acceptors (Lipinski definition) is 5. The SMILES string of the molecule is O=C(c1ccc(C2SCCS2)cc1)N1CCCN(C[C@H]2CCCO2)CC1. The van der Waals surface area contributed by atoms with Crippen LogP contribution in [0.3, 0.4) is 0 Å². The zero-order valence-electron chi connectivity index (χ0n) is 15.3. The third-order valence-corrected chi connectivity index (χ3v) is 8.52. The van der Waals surface area contributed by atoms with Crippen LogP contribution in [0.25, 0.3) is 0 Å². The van der Waals surface area contributed by atoms with Gasteiger partial charge in [0.15, 0.2) is 0 Å². The first kappa shape index (κ1) is 18.7. The van der Waals surface area contributed by atoms with E-state index in [4.69, 9.17) is 4.74 Å². The first-order valence-electron chi connectivity index (χ1n) is 9.76. The Labute approximate surface area is 165 Å². The van der Waals surface area contributed by atoms with Gasteiger partial charge in [0.25, 0.3) is 5.91 Å². The summed E-state index contributed by atoms with van der Waals surface area (Å²) < 4.78 is 6.31. The van der Waals surface area contributed by atoms with Crippen LogP contribution >= 0.6 is 23.5 Å². The minimum Gasteiger partial charge on any atom is -0.377 e. The Bertz CT molecular complexity index is 598. The summed E-state index contributed by atoms with van der Waals surface area (Å²) >= 11 is 4.01. The number of benzene rings is 1. The van der Waals surface area contributed by atoms with Crippen molar-refractivity contribution < 1.29 is 9.53 Å². The molecule has 0 aliphatic carbocycles. The fourth-order valence-electron chi connectivity index (χ4n) is 3.95. The predicted molar refractivity (Wildman–Crippen MR) is 110 cm³/mol. The fourth-order valence-corrected chi connectivity index (χ4v) is 6.81. The third kappa shape index (κ3) is 4.58. The molecule has 0 bridgehead atoms. The van der Waals surface area contributed by atoms with E-state index in [1.54, 1.807) is 0 Å². The lowest BCUT2D eigenvalue weighted by atomic mass is 10.1. The molecule has 1 atom stereocenters. The van der Waals surface area contributed by atoms with Gasteiger partial charge in [0.2, 0.25) is 0 Å². The van der Waals surface area contributed by atoms with Crippen LogP contribution in [0, 0.1) is 0 Å². The van der Waals surface area contributed by atoms with Gasteiger partial charge in [-0.05, 0) is 43.5 Å². The molecule has 4 rings (SSSR count). The first-order valence-corrected chi connectivity index (χ1v) is 11.9. The molecule has 4 nitrogen and oxygen atoms in total. The molecule has 26 heavy (non-hydrogen) atoms. The lowest BCUT2D eigenvalue weighted by molar-refractivity contribution is 0.0704. The highest BCUT2D eigenvalue weighted by Crippen LogP contribution is 2.45. The highest BCUT2D eigenvalue weighted by molar-refractivity contribution is 8.19. The second-order valence-electron chi connectivity index (χ2n) is 7.28. The Morgan fingerprint density at radius 2 is 1.85 bits per heavy atom. The van der Waals surface area contributed by atoms with Crippen molar-refractivity contribution in [3.05, 3.63) is 35.4 Å². The van der Waals surface area contributed by atoms with Crippen LogP contribution in [-0.4, -0.2) is 72.6 Å². The largest absolute Gasteiger partial charge is 0.377 e. The summed E-state index contributed by atoms with van der Waals surface area (Å²) in [6.07, 6.45) is 3.82. The van der Waals surface area contributed by atoms with Gasteiger partial charge in [0.05, 0.1) is 10.7 Å². The van der Waals surface area contributed by atoms with Crippen molar-refractivity contribution in [1.29, 1.82) is 0 Å². The molecule has 1 aromatic carbocycles. The molecule has 0 aromatic heterocycles. The first-order chi connectivity index (χ1) is 12.8. The summed E-state index contributed by atoms with van der Waals surface area (Å²) in [5.41, 5.74) is 2.17. The quantitative estimate of drug-likeness (QED) is 0.783. The zero-order valence-corrected chi connectivity index (χ0v) is 16.9. The molecule has 142 valence electrons. The highest BCUT2D eigenvalue weighted by Gasteiger charge is 2.24. The van der Waals surface area contributed by atoms with E-state index in [1.165, 1.54) is 29.9 Å². The topological polar surface area (TPSA) is 32.8 Å². The Kier molecular flexibility index (Phi) is 6.46. The molecule has 3 saturated heterocycles. The minimum atomic E-state index is 0.183. The van der Waals surface area contributed by atoms with Crippen LogP contribution in [0.5, 0.6) is 0 Å². The van der Waals surface area contributed by atoms with Crippen molar-refractivity contribution in [3.8, 4) is 0 Å². The van der Waals surface area contributed by atoms with E-state index in [0.717, 1.165) is 51.3 Å². The van der Waals surface area contributed by atoms with Crippen LogP contribution in [-0.2, 0) is 4.74 Å². The van der Waals surface area contributed by atoms with Gasteiger partial charge in [-0.2, -0.15) is 0 Å². The minimum absolute atomic E-state index is 0.183. The van der Waals surface area contributed by atoms with E-state index in [1.807, 2.05) is 40.6 Å². The monoisotopic (exact) mass is 392 g/mol. The molecule has 0 unspecified atom stereocenters. The van der Waals surface area contributed by atoms with Gasteiger partial charge in [-0.25, -0.2) is 0 Å². The number of hydrogen-bond donors (Lipinski definition) is 0. The van der Waals surface area contributed by atoms with Gasteiger partial charge in [-0.1, -0.05) is 12.1 Å². The summed E-state index contributed by atoms with van der Waals surface area (Å²) in [6, 6.07) is 8.33. The highest BCUT2D eigenvalue weighted by atomic mass is 32.2. The van der Waals surface area contributed by atoms with Crippen LogP contribution in [0.2, 0.25) is 0 Å². The second-order valence-corrected chi connectivity index (χ2v) is 10.0. The molecule has 0 radical (unpaired) electrons. The van der Waals surface area contributed by atoms with Crippen molar-refractivity contribution in [2.75, 3.05) is 50.8 Å². The molecule has 1 aromatic rings. The maximum Gasteiger partial charge on any atom is 0.253 e. The number of amides is 1. The van der Waals surface area contributed by atoms with E-state index in [2.05, 4.69) is 17.0 Å². The fraction of sp³-hybridized carbons (Fsp3) is 0.650. The van der Waals surface area contributed by atoms with Crippen LogP contribution < -0.4 is 0 Å². The molecule has 3 aliphatic heterocycles. The normalized spacial score (nSPS) is 25.5. The van der Waals surface area contributed by atoms with Gasteiger partial charge < -0.3 is 9.64 Å². The van der Waals surface area contributed by atoms with Crippen molar-refractivity contribution in [1.82, 2.24) is 9.80 Å².